The molecule has 194 valence electrons. The molecule has 0 fully saturated rings. The van der Waals surface area contributed by atoms with Gasteiger partial charge in [0.25, 0.3) is 0 Å². The van der Waals surface area contributed by atoms with Crippen LogP contribution in [0.25, 0.3) is 33.5 Å². The van der Waals surface area contributed by atoms with E-state index in [4.69, 9.17) is 16.9 Å². The Morgan fingerprint density at radius 2 is 1.68 bits per heavy atom. The van der Waals surface area contributed by atoms with Crippen molar-refractivity contribution in [2.75, 3.05) is 5.32 Å². The summed E-state index contributed by atoms with van der Waals surface area (Å²) in [7, 11) is 0. The van der Waals surface area contributed by atoms with Crippen LogP contribution in [0.3, 0.4) is 0 Å². The van der Waals surface area contributed by atoms with Gasteiger partial charge in [0.2, 0.25) is 0 Å². The highest BCUT2D eigenvalue weighted by molar-refractivity contribution is 5.98. The molecule has 4 aromatic rings. The largest absolute Gasteiger partial charge is 0.507 e. The molecule has 0 aliphatic rings. The number of phenols is 2. The van der Waals surface area contributed by atoms with Gasteiger partial charge in [0.15, 0.2) is 0 Å². The smallest absolute Gasteiger partial charge is 0.316 e. The van der Waals surface area contributed by atoms with Crippen molar-refractivity contribution in [3.05, 3.63) is 59.7 Å². The third kappa shape index (κ3) is 5.02. The monoisotopic (exact) mass is 518 g/mol. The number of benzene rings is 3. The van der Waals surface area contributed by atoms with E-state index < -0.39 is 36.1 Å². The fourth-order valence-corrected chi connectivity index (χ4v) is 4.04. The highest BCUT2D eigenvalue weighted by Gasteiger charge is 2.27. The molecule has 11 N–H and O–H groups in total. The van der Waals surface area contributed by atoms with E-state index in [1.54, 1.807) is 18.2 Å². The number of nitrogens with one attached hydrogen (secondary N) is 3. The Morgan fingerprint density at radius 3 is 2.32 bits per heavy atom. The number of carboxylic acid groups (broad SMARTS) is 2. The van der Waals surface area contributed by atoms with Crippen molar-refractivity contribution in [3.8, 4) is 34.0 Å². The van der Waals surface area contributed by atoms with Crippen LogP contribution >= 0.6 is 0 Å². The predicted octanol–water partition coefficient (Wildman–Crippen LogP) is 2.73. The fraction of sp³-hybridized carbons (Fsp3) is 0.0800. The second kappa shape index (κ2) is 9.81. The molecule has 1 atom stereocenters. The van der Waals surface area contributed by atoms with Crippen molar-refractivity contribution >= 4 is 40.5 Å². The van der Waals surface area contributed by atoms with Crippen molar-refractivity contribution in [2.24, 2.45) is 11.5 Å². The fourth-order valence-electron chi connectivity index (χ4n) is 4.04. The Labute approximate surface area is 213 Å². The third-order valence-corrected chi connectivity index (χ3v) is 5.81. The molecule has 13 heteroatoms. The number of urea groups is 1. The molecule has 1 aromatic heterocycles. The van der Waals surface area contributed by atoms with Crippen LogP contribution in [-0.2, 0) is 9.59 Å². The van der Waals surface area contributed by atoms with E-state index in [-0.39, 0.29) is 45.4 Å². The molecule has 4 rings (SSSR count). The predicted molar refractivity (Wildman–Crippen MR) is 137 cm³/mol. The van der Waals surface area contributed by atoms with Gasteiger partial charge < -0.3 is 42.2 Å². The van der Waals surface area contributed by atoms with Crippen molar-refractivity contribution in [3.63, 3.8) is 0 Å². The number of carboxylic acids is 2. The first-order valence-corrected chi connectivity index (χ1v) is 11.0. The van der Waals surface area contributed by atoms with E-state index in [1.165, 1.54) is 30.3 Å². The summed E-state index contributed by atoms with van der Waals surface area (Å²) < 4.78 is 0. The van der Waals surface area contributed by atoms with E-state index in [0.717, 1.165) is 0 Å². The van der Waals surface area contributed by atoms with Gasteiger partial charge in [-0.2, -0.15) is 0 Å². The number of nitrogens with two attached hydrogens (primary N) is 2. The number of primary amides is 1. The van der Waals surface area contributed by atoms with Crippen LogP contribution in [0.2, 0.25) is 0 Å². The molecule has 13 nitrogen and oxygen atoms in total. The summed E-state index contributed by atoms with van der Waals surface area (Å²) in [5.74, 6) is -5.08. The number of amidine groups is 1. The topological polar surface area (TPSA) is 249 Å². The molecule has 0 spiro atoms. The van der Waals surface area contributed by atoms with Gasteiger partial charge in [-0.3, -0.25) is 15.0 Å². The number of aromatic hydroxyl groups is 2. The lowest BCUT2D eigenvalue weighted by atomic mass is 9.89. The number of carbonyl (C=O) groups is 3. The van der Waals surface area contributed by atoms with Crippen LogP contribution < -0.4 is 16.8 Å². The summed E-state index contributed by atoms with van der Waals surface area (Å²) in [6.45, 7) is 0. The molecule has 0 saturated carbocycles. The maximum absolute atomic E-state index is 12.0. The minimum atomic E-state index is -1.51. The number of nitrogen functional groups attached to an aromatic ring is 1. The molecule has 0 aliphatic carbocycles. The van der Waals surface area contributed by atoms with E-state index in [2.05, 4.69) is 15.3 Å². The number of anilines is 1. The first-order chi connectivity index (χ1) is 17.9. The second-order valence-electron chi connectivity index (χ2n) is 8.41. The number of aliphatic carboxylic acids is 2. The number of hydrogen-bond acceptors (Lipinski definition) is 7. The van der Waals surface area contributed by atoms with Gasteiger partial charge in [-0.15, -0.1) is 0 Å². The number of phenolic OH excluding ortho intramolecular Hbond substituents is 2. The first-order valence-electron chi connectivity index (χ1n) is 11.0. The van der Waals surface area contributed by atoms with Crippen LogP contribution in [-0.4, -0.2) is 54.2 Å². The number of imidazole rings is 1. The first kappa shape index (κ1) is 25.5. The average molecular weight is 518 g/mol. The molecule has 0 radical (unpaired) electrons. The normalized spacial score (nSPS) is 11.7. The van der Waals surface area contributed by atoms with Crippen molar-refractivity contribution in [2.45, 2.75) is 12.3 Å². The average Bonchev–Trinajstić information content (AvgIpc) is 3.26. The SMILES string of the molecule is N=C(N)c1ccc2nc(-c3cc(C(CC(=O)O)C(=O)O)cc(-c4cc(NC(N)=O)ccc4O)c3O)[nH]c2c1. The summed E-state index contributed by atoms with van der Waals surface area (Å²) >= 11 is 0. The number of rotatable bonds is 8. The molecule has 1 unspecified atom stereocenters. The summed E-state index contributed by atoms with van der Waals surface area (Å²) in [5, 5.41) is 50.9. The number of nitrogens with zero attached hydrogens (tertiary/aromatic N) is 1. The number of amides is 2. The molecular weight excluding hydrogens is 496 g/mol. The zero-order chi connectivity index (χ0) is 27.7. The highest BCUT2D eigenvalue weighted by Crippen LogP contribution is 2.44. The van der Waals surface area contributed by atoms with Gasteiger partial charge in [0.1, 0.15) is 23.2 Å². The lowest BCUT2D eigenvalue weighted by Gasteiger charge is -2.17. The van der Waals surface area contributed by atoms with Gasteiger partial charge >= 0.3 is 18.0 Å². The second-order valence-corrected chi connectivity index (χ2v) is 8.41. The standard InChI is InChI=1S/C25H22N6O7/c26-22(27)10-1-3-17-18(7-10)31-23(30-17)16-6-11(13(24(36)37)9-20(33)34)5-15(21(16)35)14-8-12(29-25(28)38)2-4-19(14)32/h1-8,13,32,35H,9H2,(H3,26,27)(H,30,31)(H,33,34)(H,36,37)(H3,28,29,38). The van der Waals surface area contributed by atoms with E-state index in [9.17, 15) is 34.8 Å². The highest BCUT2D eigenvalue weighted by atomic mass is 16.4. The number of H-pyrrole nitrogens is 1. The molecule has 1 heterocycles. The van der Waals surface area contributed by atoms with Crippen LogP contribution in [0.4, 0.5) is 10.5 Å². The summed E-state index contributed by atoms with van der Waals surface area (Å²) in [4.78, 5) is 42.2. The maximum atomic E-state index is 12.0. The molecule has 3 aromatic carbocycles. The quantitative estimate of drug-likeness (QED) is 0.0943. The van der Waals surface area contributed by atoms with Crippen LogP contribution in [0, 0.1) is 5.41 Å². The zero-order valence-corrected chi connectivity index (χ0v) is 19.5. The number of aromatic nitrogens is 2. The molecule has 0 saturated heterocycles. The van der Waals surface area contributed by atoms with E-state index >= 15 is 0 Å². The van der Waals surface area contributed by atoms with Crippen LogP contribution in [0.1, 0.15) is 23.5 Å². The van der Waals surface area contributed by atoms with E-state index in [0.29, 0.717) is 16.6 Å². The number of fused-ring (bicyclic) bond motifs is 1. The Morgan fingerprint density at radius 1 is 0.974 bits per heavy atom. The number of hydrogen-bond donors (Lipinski definition) is 9. The van der Waals surface area contributed by atoms with Crippen LogP contribution in [0.15, 0.2) is 48.5 Å². The number of carbonyl (C=O) groups excluding carboxylic acids is 1. The van der Waals surface area contributed by atoms with Gasteiger partial charge in [0.05, 0.1) is 28.9 Å². The molecule has 38 heavy (non-hydrogen) atoms. The third-order valence-electron chi connectivity index (χ3n) is 5.81. The Bertz CT molecular complexity index is 1630. The lowest BCUT2D eigenvalue weighted by molar-refractivity contribution is -0.145. The lowest BCUT2D eigenvalue weighted by Crippen LogP contribution is -2.19. The van der Waals surface area contributed by atoms with Crippen LogP contribution in [0.5, 0.6) is 11.5 Å². The Hall–Kier alpha value is -5.59. The molecular formula is C25H22N6O7. The van der Waals surface area contributed by atoms with Crippen molar-refractivity contribution in [1.82, 2.24) is 9.97 Å². The van der Waals surface area contributed by atoms with E-state index in [1.807, 2.05) is 0 Å². The van der Waals surface area contributed by atoms with Gasteiger partial charge in [-0.25, -0.2) is 9.78 Å². The Kier molecular flexibility index (Phi) is 6.58. The maximum Gasteiger partial charge on any atom is 0.316 e. The Balaban J connectivity index is 1.99. The molecule has 0 aliphatic heterocycles. The minimum Gasteiger partial charge on any atom is -0.507 e. The van der Waals surface area contributed by atoms with Gasteiger partial charge in [-0.1, -0.05) is 0 Å². The van der Waals surface area contributed by atoms with Crippen molar-refractivity contribution in [1.29, 1.82) is 5.41 Å². The summed E-state index contributed by atoms with van der Waals surface area (Å²) in [6, 6.07) is 10.3. The zero-order valence-electron chi connectivity index (χ0n) is 19.5. The minimum absolute atomic E-state index is 0.00582. The summed E-state index contributed by atoms with van der Waals surface area (Å²) in [6.07, 6.45) is -0.754. The molecule has 2 amide bonds. The van der Waals surface area contributed by atoms with Gasteiger partial charge in [0, 0.05) is 22.4 Å². The molecule has 0 bridgehead atoms. The number of aromatic amines is 1. The summed E-state index contributed by atoms with van der Waals surface area (Å²) in [5.41, 5.74) is 12.2. The van der Waals surface area contributed by atoms with Gasteiger partial charge in [-0.05, 0) is 54.1 Å². The van der Waals surface area contributed by atoms with Crippen molar-refractivity contribution < 1.29 is 34.8 Å².